The van der Waals surface area contributed by atoms with Gasteiger partial charge in [-0.2, -0.15) is 0 Å². The third kappa shape index (κ3) is 2.99. The van der Waals surface area contributed by atoms with E-state index in [4.69, 9.17) is 0 Å². The van der Waals surface area contributed by atoms with Crippen molar-refractivity contribution < 1.29 is 9.18 Å². The van der Waals surface area contributed by atoms with Gasteiger partial charge in [0, 0.05) is 12.6 Å². The van der Waals surface area contributed by atoms with Crippen molar-refractivity contribution in [2.45, 2.75) is 13.0 Å². The number of benzene rings is 2. The number of carbonyl (C=O) groups is 1. The average molecular weight is 257 g/mol. The second-order valence-corrected chi connectivity index (χ2v) is 4.51. The topological polar surface area (TPSA) is 20.3 Å². The van der Waals surface area contributed by atoms with E-state index in [0.717, 1.165) is 5.56 Å². The van der Waals surface area contributed by atoms with Gasteiger partial charge in [-0.15, -0.1) is 0 Å². The van der Waals surface area contributed by atoms with Crippen molar-refractivity contribution >= 4 is 5.91 Å². The smallest absolute Gasteiger partial charge is 0.254 e. The number of nitrogens with zero attached hydrogens (tertiary/aromatic N) is 1. The van der Waals surface area contributed by atoms with Gasteiger partial charge in [-0.3, -0.25) is 4.79 Å². The Morgan fingerprint density at radius 2 is 1.79 bits per heavy atom. The van der Waals surface area contributed by atoms with Crippen LogP contribution >= 0.6 is 0 Å². The lowest BCUT2D eigenvalue weighted by Crippen LogP contribution is -2.29. The largest absolute Gasteiger partial charge is 0.335 e. The molecule has 1 unspecified atom stereocenters. The van der Waals surface area contributed by atoms with Gasteiger partial charge in [0.05, 0.1) is 6.04 Å². The van der Waals surface area contributed by atoms with Crippen LogP contribution in [0.25, 0.3) is 0 Å². The highest BCUT2D eigenvalue weighted by Crippen LogP contribution is 2.20. The maximum atomic E-state index is 13.1. The molecule has 3 heteroatoms. The molecular formula is C16H16FNO. The minimum absolute atomic E-state index is 0.0584. The molecule has 19 heavy (non-hydrogen) atoms. The molecule has 0 aliphatic rings. The summed E-state index contributed by atoms with van der Waals surface area (Å²) in [6.07, 6.45) is 0. The molecule has 1 atom stereocenters. The van der Waals surface area contributed by atoms with E-state index >= 15 is 0 Å². The Kier molecular flexibility index (Phi) is 3.95. The second-order valence-electron chi connectivity index (χ2n) is 4.51. The predicted octanol–water partition coefficient (Wildman–Crippen LogP) is 3.66. The van der Waals surface area contributed by atoms with E-state index in [0.29, 0.717) is 5.56 Å². The highest BCUT2D eigenvalue weighted by molar-refractivity contribution is 5.94. The maximum absolute atomic E-state index is 13.1. The first-order valence-corrected chi connectivity index (χ1v) is 6.17. The van der Waals surface area contributed by atoms with Crippen LogP contribution in [0.5, 0.6) is 0 Å². The molecule has 0 N–H and O–H groups in total. The molecular weight excluding hydrogens is 241 g/mol. The van der Waals surface area contributed by atoms with Crippen molar-refractivity contribution in [3.8, 4) is 0 Å². The van der Waals surface area contributed by atoms with Gasteiger partial charge in [-0.1, -0.05) is 36.4 Å². The first kappa shape index (κ1) is 13.3. The van der Waals surface area contributed by atoms with Gasteiger partial charge in [0.25, 0.3) is 5.91 Å². The molecule has 0 spiro atoms. The van der Waals surface area contributed by atoms with Gasteiger partial charge in [-0.05, 0) is 30.7 Å². The molecule has 2 nitrogen and oxygen atoms in total. The number of rotatable bonds is 3. The summed E-state index contributed by atoms with van der Waals surface area (Å²) in [5.41, 5.74) is 1.42. The molecule has 0 aromatic heterocycles. The summed E-state index contributed by atoms with van der Waals surface area (Å²) >= 11 is 0. The molecule has 0 saturated heterocycles. The van der Waals surface area contributed by atoms with Gasteiger partial charge in [0.2, 0.25) is 0 Å². The molecule has 0 aliphatic heterocycles. The van der Waals surface area contributed by atoms with E-state index in [-0.39, 0.29) is 11.9 Å². The minimum Gasteiger partial charge on any atom is -0.335 e. The Balaban J connectivity index is 2.20. The van der Waals surface area contributed by atoms with Gasteiger partial charge < -0.3 is 4.90 Å². The van der Waals surface area contributed by atoms with Crippen molar-refractivity contribution in [1.82, 2.24) is 4.90 Å². The molecule has 0 heterocycles. The summed E-state index contributed by atoms with van der Waals surface area (Å²) in [7, 11) is 1.73. The predicted molar refractivity (Wildman–Crippen MR) is 73.4 cm³/mol. The first-order valence-electron chi connectivity index (χ1n) is 6.17. The molecule has 0 radical (unpaired) electrons. The summed E-state index contributed by atoms with van der Waals surface area (Å²) in [6.45, 7) is 1.95. The summed E-state index contributed by atoms with van der Waals surface area (Å²) in [5, 5.41) is 0. The van der Waals surface area contributed by atoms with E-state index in [1.807, 2.05) is 37.3 Å². The summed E-state index contributed by atoms with van der Waals surface area (Å²) in [4.78, 5) is 13.9. The zero-order valence-corrected chi connectivity index (χ0v) is 11.0. The van der Waals surface area contributed by atoms with Crippen LogP contribution in [-0.2, 0) is 0 Å². The highest BCUT2D eigenvalue weighted by atomic mass is 19.1. The van der Waals surface area contributed by atoms with Gasteiger partial charge in [0.15, 0.2) is 0 Å². The van der Waals surface area contributed by atoms with Crippen molar-refractivity contribution in [2.75, 3.05) is 7.05 Å². The third-order valence-corrected chi connectivity index (χ3v) is 3.25. The van der Waals surface area contributed by atoms with Gasteiger partial charge >= 0.3 is 0 Å². The molecule has 0 fully saturated rings. The zero-order chi connectivity index (χ0) is 13.8. The molecule has 2 rings (SSSR count). The minimum atomic E-state index is -0.397. The second kappa shape index (κ2) is 5.65. The lowest BCUT2D eigenvalue weighted by molar-refractivity contribution is 0.0742. The zero-order valence-electron chi connectivity index (χ0n) is 11.0. The van der Waals surface area contributed by atoms with E-state index in [1.165, 1.54) is 12.1 Å². The molecule has 0 saturated carbocycles. The molecule has 1 amide bonds. The summed E-state index contributed by atoms with van der Waals surface area (Å²) in [6, 6.07) is 15.5. The van der Waals surface area contributed by atoms with Crippen LogP contribution in [0.1, 0.15) is 28.9 Å². The Morgan fingerprint density at radius 3 is 2.42 bits per heavy atom. The Bertz CT molecular complexity index is 568. The SMILES string of the molecule is CC(c1ccccc1)N(C)C(=O)c1cccc(F)c1. The van der Waals surface area contributed by atoms with Crippen molar-refractivity contribution in [3.63, 3.8) is 0 Å². The number of hydrogen-bond donors (Lipinski definition) is 0. The lowest BCUT2D eigenvalue weighted by Gasteiger charge is -2.25. The van der Waals surface area contributed by atoms with Gasteiger partial charge in [-0.25, -0.2) is 4.39 Å². The van der Waals surface area contributed by atoms with Crippen molar-refractivity contribution in [2.24, 2.45) is 0 Å². The average Bonchev–Trinajstić information content (AvgIpc) is 2.46. The molecule has 2 aromatic carbocycles. The summed E-state index contributed by atoms with van der Waals surface area (Å²) in [5.74, 6) is -0.581. The van der Waals surface area contributed by atoms with Crippen LogP contribution in [0.3, 0.4) is 0 Å². The third-order valence-electron chi connectivity index (χ3n) is 3.25. The number of carbonyl (C=O) groups excluding carboxylic acids is 1. The number of amides is 1. The van der Waals surface area contributed by atoms with Crippen LogP contribution in [0, 0.1) is 5.82 Å². The van der Waals surface area contributed by atoms with Crippen LogP contribution < -0.4 is 0 Å². The first-order chi connectivity index (χ1) is 9.09. The monoisotopic (exact) mass is 257 g/mol. The quantitative estimate of drug-likeness (QED) is 0.821. The van der Waals surface area contributed by atoms with Gasteiger partial charge in [0.1, 0.15) is 5.82 Å². The molecule has 0 bridgehead atoms. The Morgan fingerprint density at radius 1 is 1.11 bits per heavy atom. The normalized spacial score (nSPS) is 11.9. The van der Waals surface area contributed by atoms with Crippen molar-refractivity contribution in [1.29, 1.82) is 0 Å². The highest BCUT2D eigenvalue weighted by Gasteiger charge is 2.18. The number of hydrogen-bond acceptors (Lipinski definition) is 1. The molecule has 98 valence electrons. The fourth-order valence-corrected chi connectivity index (χ4v) is 1.96. The lowest BCUT2D eigenvalue weighted by atomic mass is 10.1. The summed E-state index contributed by atoms with van der Waals surface area (Å²) < 4.78 is 13.1. The van der Waals surface area contributed by atoms with E-state index in [9.17, 15) is 9.18 Å². The Hall–Kier alpha value is -2.16. The standard InChI is InChI=1S/C16H16FNO/c1-12(13-7-4-3-5-8-13)18(2)16(19)14-9-6-10-15(17)11-14/h3-12H,1-2H3. The fraction of sp³-hybridized carbons (Fsp3) is 0.188. The van der Waals surface area contributed by atoms with E-state index < -0.39 is 5.82 Å². The maximum Gasteiger partial charge on any atom is 0.254 e. The molecule has 2 aromatic rings. The van der Waals surface area contributed by atoms with E-state index in [2.05, 4.69) is 0 Å². The van der Waals surface area contributed by atoms with Crippen LogP contribution in [0.4, 0.5) is 4.39 Å². The molecule has 0 aliphatic carbocycles. The van der Waals surface area contributed by atoms with Crippen LogP contribution in [0.15, 0.2) is 54.6 Å². The Labute approximate surface area is 112 Å². The van der Waals surface area contributed by atoms with Crippen LogP contribution in [0.2, 0.25) is 0 Å². The van der Waals surface area contributed by atoms with Crippen LogP contribution in [-0.4, -0.2) is 17.9 Å². The fourth-order valence-electron chi connectivity index (χ4n) is 1.96. The van der Waals surface area contributed by atoms with E-state index in [1.54, 1.807) is 24.1 Å². The van der Waals surface area contributed by atoms with Crippen molar-refractivity contribution in [3.05, 3.63) is 71.5 Å². The number of halogens is 1.